The van der Waals surface area contributed by atoms with Crippen LogP contribution in [0.1, 0.15) is 24.1 Å². The SMILES string of the molecule is Cl.O=S(=O)(c1cnn(C2CCOC2)c1)N1CCNCC1c1cccc(F)c1. The third kappa shape index (κ3) is 4.02. The van der Waals surface area contributed by atoms with Crippen molar-refractivity contribution in [2.24, 2.45) is 0 Å². The zero-order chi connectivity index (χ0) is 18.1. The molecule has 2 aliphatic rings. The largest absolute Gasteiger partial charge is 0.379 e. The highest BCUT2D eigenvalue weighted by molar-refractivity contribution is 7.89. The van der Waals surface area contributed by atoms with Gasteiger partial charge in [0.2, 0.25) is 10.0 Å². The minimum Gasteiger partial charge on any atom is -0.379 e. The maximum Gasteiger partial charge on any atom is 0.246 e. The van der Waals surface area contributed by atoms with E-state index < -0.39 is 16.1 Å². The topological polar surface area (TPSA) is 76.5 Å². The van der Waals surface area contributed by atoms with Crippen LogP contribution in [0.2, 0.25) is 0 Å². The van der Waals surface area contributed by atoms with Crippen LogP contribution in [0.3, 0.4) is 0 Å². The quantitative estimate of drug-likeness (QED) is 0.821. The molecule has 2 aliphatic heterocycles. The molecule has 0 spiro atoms. The van der Waals surface area contributed by atoms with E-state index in [-0.39, 0.29) is 29.2 Å². The normalized spacial score (nSPS) is 23.9. The van der Waals surface area contributed by atoms with Crippen molar-refractivity contribution in [1.82, 2.24) is 19.4 Å². The van der Waals surface area contributed by atoms with Gasteiger partial charge < -0.3 is 10.1 Å². The van der Waals surface area contributed by atoms with Gasteiger partial charge in [-0.1, -0.05) is 12.1 Å². The van der Waals surface area contributed by atoms with Gasteiger partial charge in [0.1, 0.15) is 10.7 Å². The summed E-state index contributed by atoms with van der Waals surface area (Å²) in [6, 6.07) is 5.71. The van der Waals surface area contributed by atoms with Crippen LogP contribution in [0.25, 0.3) is 0 Å². The standard InChI is InChI=1S/C17H21FN4O3S.ClH/c18-14-3-1-2-13(8-14)17-10-19-5-6-22(17)26(23,24)16-9-20-21(11-16)15-4-7-25-12-15;/h1-3,8-9,11,15,17,19H,4-7,10,12H2;1H. The molecule has 2 fully saturated rings. The van der Waals surface area contributed by atoms with E-state index in [1.54, 1.807) is 23.0 Å². The summed E-state index contributed by atoms with van der Waals surface area (Å²) in [6.07, 6.45) is 3.78. The lowest BCUT2D eigenvalue weighted by molar-refractivity contribution is 0.184. The van der Waals surface area contributed by atoms with Gasteiger partial charge in [-0.2, -0.15) is 9.40 Å². The first-order valence-electron chi connectivity index (χ1n) is 8.65. The van der Waals surface area contributed by atoms with Crippen LogP contribution in [0, 0.1) is 5.82 Å². The Balaban J connectivity index is 0.00000210. The van der Waals surface area contributed by atoms with Crippen LogP contribution in [0.5, 0.6) is 0 Å². The van der Waals surface area contributed by atoms with E-state index in [0.717, 1.165) is 6.42 Å². The summed E-state index contributed by atoms with van der Waals surface area (Å²) in [6.45, 7) is 2.51. The number of hydrogen-bond acceptors (Lipinski definition) is 5. The number of rotatable bonds is 4. The Kier molecular flexibility index (Phi) is 6.17. The molecular weight excluding hydrogens is 395 g/mol. The molecule has 2 saturated heterocycles. The predicted molar refractivity (Wildman–Crippen MR) is 99.9 cm³/mol. The summed E-state index contributed by atoms with van der Waals surface area (Å²) in [4.78, 5) is 0.160. The number of hydrogen-bond donors (Lipinski definition) is 1. The first-order chi connectivity index (χ1) is 12.6. The van der Waals surface area contributed by atoms with Crippen molar-refractivity contribution >= 4 is 22.4 Å². The Labute approximate surface area is 164 Å². The summed E-state index contributed by atoms with van der Waals surface area (Å²) >= 11 is 0. The Hall–Kier alpha value is -1.52. The highest BCUT2D eigenvalue weighted by Gasteiger charge is 2.35. The van der Waals surface area contributed by atoms with Crippen LogP contribution in [0.15, 0.2) is 41.6 Å². The number of halogens is 2. The monoisotopic (exact) mass is 416 g/mol. The smallest absolute Gasteiger partial charge is 0.246 e. The molecule has 0 bridgehead atoms. The molecule has 27 heavy (non-hydrogen) atoms. The van der Waals surface area contributed by atoms with Gasteiger partial charge in [0.05, 0.1) is 24.9 Å². The van der Waals surface area contributed by atoms with Crippen LogP contribution < -0.4 is 5.32 Å². The average molecular weight is 417 g/mol. The Morgan fingerprint density at radius 2 is 2.19 bits per heavy atom. The van der Waals surface area contributed by atoms with Crippen LogP contribution in [-0.4, -0.2) is 55.4 Å². The number of nitrogens with zero attached hydrogens (tertiary/aromatic N) is 3. The van der Waals surface area contributed by atoms with Crippen molar-refractivity contribution in [3.8, 4) is 0 Å². The molecule has 10 heteroatoms. The summed E-state index contributed by atoms with van der Waals surface area (Å²) in [5.41, 5.74) is 0.636. The molecule has 2 atom stereocenters. The molecule has 0 saturated carbocycles. The molecule has 148 valence electrons. The van der Waals surface area contributed by atoms with E-state index in [1.807, 2.05) is 0 Å². The molecule has 7 nitrogen and oxygen atoms in total. The van der Waals surface area contributed by atoms with Gasteiger partial charge in [-0.25, -0.2) is 12.8 Å². The minimum absolute atomic E-state index is 0. The molecule has 1 aromatic carbocycles. The van der Waals surface area contributed by atoms with Crippen LogP contribution >= 0.6 is 12.4 Å². The first-order valence-corrected chi connectivity index (χ1v) is 10.1. The fourth-order valence-corrected chi connectivity index (χ4v) is 5.05. The number of piperazine rings is 1. The highest BCUT2D eigenvalue weighted by atomic mass is 35.5. The maximum absolute atomic E-state index is 13.6. The van der Waals surface area contributed by atoms with Crippen LogP contribution in [-0.2, 0) is 14.8 Å². The van der Waals surface area contributed by atoms with Gasteiger partial charge in [-0.15, -0.1) is 12.4 Å². The van der Waals surface area contributed by atoms with Crippen molar-refractivity contribution < 1.29 is 17.5 Å². The van der Waals surface area contributed by atoms with E-state index in [1.165, 1.54) is 22.6 Å². The summed E-state index contributed by atoms with van der Waals surface area (Å²) in [5, 5.41) is 7.42. The molecule has 1 aromatic heterocycles. The number of sulfonamides is 1. The second kappa shape index (κ2) is 8.24. The summed E-state index contributed by atoms with van der Waals surface area (Å²) in [7, 11) is -3.73. The first kappa shape index (κ1) is 20.2. The molecular formula is C17H22ClFN4O3S. The van der Waals surface area contributed by atoms with Gasteiger partial charge >= 0.3 is 0 Å². The highest BCUT2D eigenvalue weighted by Crippen LogP contribution is 2.30. The zero-order valence-electron chi connectivity index (χ0n) is 14.6. The molecule has 3 heterocycles. The van der Waals surface area contributed by atoms with Crippen molar-refractivity contribution in [1.29, 1.82) is 0 Å². The second-order valence-corrected chi connectivity index (χ2v) is 8.45. The molecule has 0 radical (unpaired) electrons. The van der Waals surface area contributed by atoms with Crippen molar-refractivity contribution in [3.05, 3.63) is 48.0 Å². The van der Waals surface area contributed by atoms with Crippen LogP contribution in [0.4, 0.5) is 4.39 Å². The Morgan fingerprint density at radius 1 is 1.33 bits per heavy atom. The molecule has 2 aromatic rings. The van der Waals surface area contributed by atoms with E-state index in [4.69, 9.17) is 4.74 Å². The molecule has 4 rings (SSSR count). The van der Waals surface area contributed by atoms with E-state index in [0.29, 0.717) is 38.4 Å². The summed E-state index contributed by atoms with van der Waals surface area (Å²) < 4.78 is 48.5. The summed E-state index contributed by atoms with van der Waals surface area (Å²) in [5.74, 6) is -0.375. The van der Waals surface area contributed by atoms with E-state index in [2.05, 4.69) is 10.4 Å². The van der Waals surface area contributed by atoms with Gasteiger partial charge in [0.25, 0.3) is 0 Å². The molecule has 0 aliphatic carbocycles. The number of nitrogens with one attached hydrogen (secondary N) is 1. The molecule has 2 unspecified atom stereocenters. The van der Waals surface area contributed by atoms with Crippen molar-refractivity contribution in [2.45, 2.75) is 23.4 Å². The molecule has 1 N–H and O–H groups in total. The third-order valence-electron chi connectivity index (χ3n) is 4.89. The van der Waals surface area contributed by atoms with Gasteiger partial charge in [0, 0.05) is 32.4 Å². The van der Waals surface area contributed by atoms with E-state index in [9.17, 15) is 12.8 Å². The lowest BCUT2D eigenvalue weighted by Crippen LogP contribution is -2.48. The van der Waals surface area contributed by atoms with Gasteiger partial charge in [-0.05, 0) is 24.1 Å². The molecule has 0 amide bonds. The fourth-order valence-electron chi connectivity index (χ4n) is 3.49. The fraction of sp³-hybridized carbons (Fsp3) is 0.471. The number of aromatic nitrogens is 2. The predicted octanol–water partition coefficient (Wildman–Crippen LogP) is 1.74. The van der Waals surface area contributed by atoms with Gasteiger partial charge in [-0.3, -0.25) is 4.68 Å². The average Bonchev–Trinajstić information content (AvgIpc) is 3.33. The maximum atomic E-state index is 13.6. The second-order valence-electron chi connectivity index (χ2n) is 6.56. The zero-order valence-corrected chi connectivity index (χ0v) is 16.3. The van der Waals surface area contributed by atoms with Crippen molar-refractivity contribution in [2.75, 3.05) is 32.8 Å². The third-order valence-corrected chi connectivity index (χ3v) is 6.75. The lowest BCUT2D eigenvalue weighted by atomic mass is 10.1. The minimum atomic E-state index is -3.73. The number of ether oxygens (including phenoxy) is 1. The van der Waals surface area contributed by atoms with Gasteiger partial charge in [0.15, 0.2) is 0 Å². The van der Waals surface area contributed by atoms with E-state index >= 15 is 0 Å². The van der Waals surface area contributed by atoms with Crippen molar-refractivity contribution in [3.63, 3.8) is 0 Å². The lowest BCUT2D eigenvalue weighted by Gasteiger charge is -2.35. The Bertz CT molecular complexity index is 886. The number of benzene rings is 1. The Morgan fingerprint density at radius 3 is 2.93 bits per heavy atom.